The van der Waals surface area contributed by atoms with Gasteiger partial charge in [0.15, 0.2) is 6.10 Å². The molecule has 1 heterocycles. The minimum Gasteiger partial charge on any atom is -0.481 e. The Morgan fingerprint density at radius 2 is 2.09 bits per heavy atom. The van der Waals surface area contributed by atoms with Crippen molar-refractivity contribution in [2.75, 3.05) is 5.32 Å². The monoisotopic (exact) mass is 318 g/mol. The predicted molar refractivity (Wildman–Crippen MR) is 88.5 cm³/mol. The summed E-state index contributed by atoms with van der Waals surface area (Å²) >= 11 is 6.00. The molecule has 1 amide bonds. The Morgan fingerprint density at radius 1 is 1.32 bits per heavy atom. The third-order valence-electron chi connectivity index (χ3n) is 3.32. The van der Waals surface area contributed by atoms with E-state index in [1.54, 1.807) is 18.3 Å². The first-order valence-corrected chi connectivity index (χ1v) is 7.54. The minimum absolute atomic E-state index is 0.211. The fraction of sp³-hybridized carbons (Fsp3) is 0.294. The van der Waals surface area contributed by atoms with Gasteiger partial charge in [0, 0.05) is 11.2 Å². The first-order chi connectivity index (χ1) is 10.5. The summed E-state index contributed by atoms with van der Waals surface area (Å²) < 4.78 is 5.77. The molecule has 0 aliphatic carbocycles. The van der Waals surface area contributed by atoms with E-state index in [0.717, 1.165) is 11.1 Å². The van der Waals surface area contributed by atoms with Gasteiger partial charge in [0.1, 0.15) is 11.6 Å². The average Bonchev–Trinajstić information content (AvgIpc) is 2.50. The smallest absolute Gasteiger partial charge is 0.266 e. The molecule has 22 heavy (non-hydrogen) atoms. The van der Waals surface area contributed by atoms with Crippen molar-refractivity contribution in [1.82, 2.24) is 4.98 Å². The van der Waals surface area contributed by atoms with Crippen molar-refractivity contribution in [3.05, 3.63) is 52.7 Å². The number of hydrogen-bond donors (Lipinski definition) is 1. The summed E-state index contributed by atoms with van der Waals surface area (Å²) in [5.41, 5.74) is 1.82. The van der Waals surface area contributed by atoms with Gasteiger partial charge in [0.05, 0.1) is 0 Å². The Balaban J connectivity index is 2.09. The maximum Gasteiger partial charge on any atom is 0.266 e. The van der Waals surface area contributed by atoms with Crippen LogP contribution in [0.4, 0.5) is 5.82 Å². The van der Waals surface area contributed by atoms with Crippen LogP contribution in [0, 0.1) is 13.8 Å². The quantitative estimate of drug-likeness (QED) is 0.901. The molecule has 0 bridgehead atoms. The van der Waals surface area contributed by atoms with Gasteiger partial charge >= 0.3 is 0 Å². The Morgan fingerprint density at radius 3 is 2.73 bits per heavy atom. The SMILES string of the molecule is CC[C@@H](Oc1ccc(Cl)c(C)c1)C(=O)Nc1ncccc1C. The van der Waals surface area contributed by atoms with Gasteiger partial charge in [-0.2, -0.15) is 0 Å². The van der Waals surface area contributed by atoms with Gasteiger partial charge in [-0.1, -0.05) is 24.6 Å². The largest absolute Gasteiger partial charge is 0.481 e. The molecule has 0 fully saturated rings. The van der Waals surface area contributed by atoms with Crippen LogP contribution in [0.2, 0.25) is 5.02 Å². The summed E-state index contributed by atoms with van der Waals surface area (Å²) in [5.74, 6) is 0.973. The number of hydrogen-bond acceptors (Lipinski definition) is 3. The molecule has 0 spiro atoms. The lowest BCUT2D eigenvalue weighted by molar-refractivity contribution is -0.122. The van der Waals surface area contributed by atoms with Crippen LogP contribution < -0.4 is 10.1 Å². The summed E-state index contributed by atoms with van der Waals surface area (Å²) in [6.45, 7) is 5.69. The van der Waals surface area contributed by atoms with E-state index in [0.29, 0.717) is 23.0 Å². The number of benzene rings is 1. The molecular weight excluding hydrogens is 300 g/mol. The van der Waals surface area contributed by atoms with Crippen molar-refractivity contribution in [1.29, 1.82) is 0 Å². The molecule has 2 aromatic rings. The number of carbonyl (C=O) groups excluding carboxylic acids is 1. The zero-order chi connectivity index (χ0) is 16.1. The third kappa shape index (κ3) is 3.98. The molecule has 0 saturated heterocycles. The minimum atomic E-state index is -0.581. The van der Waals surface area contributed by atoms with E-state index in [2.05, 4.69) is 10.3 Å². The van der Waals surface area contributed by atoms with Crippen molar-refractivity contribution >= 4 is 23.3 Å². The van der Waals surface area contributed by atoms with Gasteiger partial charge < -0.3 is 10.1 Å². The number of ether oxygens (including phenoxy) is 1. The lowest BCUT2D eigenvalue weighted by Gasteiger charge is -2.18. The van der Waals surface area contributed by atoms with Crippen LogP contribution >= 0.6 is 11.6 Å². The maximum absolute atomic E-state index is 12.3. The standard InChI is InChI=1S/C17H19ClN2O2/c1-4-15(22-13-7-8-14(18)12(3)10-13)17(21)20-16-11(2)6-5-9-19-16/h5-10,15H,4H2,1-3H3,(H,19,20,21)/t15-/m1/s1. The summed E-state index contributed by atoms with van der Waals surface area (Å²) in [5, 5.41) is 3.48. The van der Waals surface area contributed by atoms with Gasteiger partial charge in [-0.25, -0.2) is 4.98 Å². The number of aryl methyl sites for hydroxylation is 2. The van der Waals surface area contributed by atoms with E-state index >= 15 is 0 Å². The van der Waals surface area contributed by atoms with Crippen LogP contribution in [-0.2, 0) is 4.79 Å². The Hall–Kier alpha value is -2.07. The zero-order valence-electron chi connectivity index (χ0n) is 12.9. The molecule has 0 aliphatic rings. The Bertz CT molecular complexity index is 673. The van der Waals surface area contributed by atoms with Crippen LogP contribution in [0.1, 0.15) is 24.5 Å². The number of nitrogens with one attached hydrogen (secondary N) is 1. The molecular formula is C17H19ClN2O2. The van der Waals surface area contributed by atoms with E-state index in [-0.39, 0.29) is 5.91 Å². The van der Waals surface area contributed by atoms with Gasteiger partial charge in [0.2, 0.25) is 0 Å². The van der Waals surface area contributed by atoms with Gasteiger partial charge in [-0.3, -0.25) is 4.79 Å². The highest BCUT2D eigenvalue weighted by atomic mass is 35.5. The van der Waals surface area contributed by atoms with E-state index in [1.807, 2.05) is 39.0 Å². The van der Waals surface area contributed by atoms with Crippen LogP contribution in [-0.4, -0.2) is 17.0 Å². The van der Waals surface area contributed by atoms with Crippen molar-refractivity contribution in [2.45, 2.75) is 33.3 Å². The molecule has 1 aromatic heterocycles. The van der Waals surface area contributed by atoms with Crippen LogP contribution in [0.3, 0.4) is 0 Å². The second-order valence-electron chi connectivity index (χ2n) is 5.08. The summed E-state index contributed by atoms with van der Waals surface area (Å²) in [7, 11) is 0. The molecule has 4 nitrogen and oxygen atoms in total. The van der Waals surface area contributed by atoms with E-state index in [1.165, 1.54) is 0 Å². The second-order valence-corrected chi connectivity index (χ2v) is 5.49. The number of aromatic nitrogens is 1. The topological polar surface area (TPSA) is 51.2 Å². The first kappa shape index (κ1) is 16.3. The van der Waals surface area contributed by atoms with Crippen molar-refractivity contribution in [3.8, 4) is 5.75 Å². The van der Waals surface area contributed by atoms with Crippen LogP contribution in [0.25, 0.3) is 0 Å². The molecule has 0 saturated carbocycles. The molecule has 1 N–H and O–H groups in total. The number of rotatable bonds is 5. The number of pyridine rings is 1. The number of nitrogens with zero attached hydrogens (tertiary/aromatic N) is 1. The summed E-state index contributed by atoms with van der Waals surface area (Å²) in [6.07, 6.45) is 1.62. The molecule has 1 aromatic carbocycles. The summed E-state index contributed by atoms with van der Waals surface area (Å²) in [6, 6.07) is 9.07. The maximum atomic E-state index is 12.3. The average molecular weight is 319 g/mol. The second kappa shape index (κ2) is 7.27. The highest BCUT2D eigenvalue weighted by Crippen LogP contribution is 2.22. The van der Waals surface area contributed by atoms with Crippen LogP contribution in [0.5, 0.6) is 5.75 Å². The number of anilines is 1. The summed E-state index contributed by atoms with van der Waals surface area (Å²) in [4.78, 5) is 16.5. The number of halogens is 1. The Labute approximate surface area is 135 Å². The van der Waals surface area contributed by atoms with E-state index in [9.17, 15) is 4.79 Å². The van der Waals surface area contributed by atoms with Crippen LogP contribution in [0.15, 0.2) is 36.5 Å². The van der Waals surface area contributed by atoms with E-state index in [4.69, 9.17) is 16.3 Å². The zero-order valence-corrected chi connectivity index (χ0v) is 13.6. The van der Waals surface area contributed by atoms with E-state index < -0.39 is 6.10 Å². The number of amides is 1. The van der Waals surface area contributed by atoms with Crippen molar-refractivity contribution in [2.24, 2.45) is 0 Å². The van der Waals surface area contributed by atoms with Crippen molar-refractivity contribution in [3.63, 3.8) is 0 Å². The third-order valence-corrected chi connectivity index (χ3v) is 3.75. The Kier molecular flexibility index (Phi) is 5.39. The fourth-order valence-electron chi connectivity index (χ4n) is 1.99. The molecule has 0 unspecified atom stereocenters. The predicted octanol–water partition coefficient (Wildman–Crippen LogP) is 4.15. The highest BCUT2D eigenvalue weighted by molar-refractivity contribution is 6.31. The molecule has 0 radical (unpaired) electrons. The van der Waals surface area contributed by atoms with Crippen molar-refractivity contribution < 1.29 is 9.53 Å². The molecule has 1 atom stereocenters. The molecule has 5 heteroatoms. The molecule has 116 valence electrons. The lowest BCUT2D eigenvalue weighted by atomic mass is 10.2. The lowest BCUT2D eigenvalue weighted by Crippen LogP contribution is -2.32. The van der Waals surface area contributed by atoms with Gasteiger partial charge in [-0.15, -0.1) is 0 Å². The fourth-order valence-corrected chi connectivity index (χ4v) is 2.11. The van der Waals surface area contributed by atoms with Gasteiger partial charge in [0.25, 0.3) is 5.91 Å². The number of carbonyl (C=O) groups is 1. The first-order valence-electron chi connectivity index (χ1n) is 7.16. The normalized spacial score (nSPS) is 11.8. The highest BCUT2D eigenvalue weighted by Gasteiger charge is 2.19. The van der Waals surface area contributed by atoms with Gasteiger partial charge in [-0.05, 0) is 55.7 Å². The molecule has 2 rings (SSSR count). The molecule has 0 aliphatic heterocycles.